The van der Waals surface area contributed by atoms with Gasteiger partial charge in [0, 0.05) is 17.8 Å². The lowest BCUT2D eigenvalue weighted by molar-refractivity contribution is -0.121. The molecule has 1 saturated heterocycles. The molecule has 1 amide bonds. The summed E-state index contributed by atoms with van der Waals surface area (Å²) >= 11 is 0. The molecule has 0 bridgehead atoms. The Bertz CT molecular complexity index is 942. The van der Waals surface area contributed by atoms with Gasteiger partial charge in [-0.05, 0) is 63.5 Å². The van der Waals surface area contributed by atoms with Crippen molar-refractivity contribution in [3.05, 3.63) is 60.0 Å². The molecule has 1 N–H and O–H groups in total. The summed E-state index contributed by atoms with van der Waals surface area (Å²) in [7, 11) is 0. The van der Waals surface area contributed by atoms with Gasteiger partial charge in [0.05, 0.1) is 6.04 Å². The average Bonchev–Trinajstić information content (AvgIpc) is 3.13. The third kappa shape index (κ3) is 3.57. The summed E-state index contributed by atoms with van der Waals surface area (Å²) in [5.41, 5.74) is 2.86. The Labute approximate surface area is 159 Å². The number of amides is 1. The van der Waals surface area contributed by atoms with E-state index in [-0.39, 0.29) is 11.9 Å². The van der Waals surface area contributed by atoms with Crippen LogP contribution >= 0.6 is 0 Å². The highest BCUT2D eigenvalue weighted by Gasteiger charge is 2.29. The number of hydrogen-bond acceptors (Lipinski definition) is 4. The number of anilines is 1. The highest BCUT2D eigenvalue weighted by atomic mass is 16.2. The highest BCUT2D eigenvalue weighted by molar-refractivity contribution is 5.95. The fraction of sp³-hybridized carbons (Fsp3) is 0.381. The molecule has 1 unspecified atom stereocenters. The molecular formula is C21H25N5O. The number of hydrogen-bond donors (Lipinski definition) is 1. The zero-order valence-corrected chi connectivity index (χ0v) is 15.8. The standard InChI is InChI=1S/C21H25N5O/c1-15-7-3-4-8-18(15)22-21(27)16(2)25-13-10-17(11-14-25)20-24-23-19-9-5-6-12-26(19)20/h3-9,12,16-17H,10-11,13-14H2,1-2H3,(H,22,27). The number of pyridine rings is 1. The summed E-state index contributed by atoms with van der Waals surface area (Å²) in [4.78, 5) is 14.9. The number of aryl methyl sites for hydroxylation is 1. The molecule has 0 spiro atoms. The van der Waals surface area contributed by atoms with Crippen LogP contribution in [0.5, 0.6) is 0 Å². The predicted octanol–water partition coefficient (Wildman–Crippen LogP) is 3.24. The number of nitrogens with one attached hydrogen (secondary N) is 1. The van der Waals surface area contributed by atoms with Gasteiger partial charge in [-0.2, -0.15) is 0 Å². The first-order chi connectivity index (χ1) is 13.1. The number of nitrogens with zero attached hydrogens (tertiary/aromatic N) is 4. The van der Waals surface area contributed by atoms with Crippen LogP contribution in [-0.4, -0.2) is 44.5 Å². The Balaban J connectivity index is 1.38. The molecule has 2 aromatic heterocycles. The van der Waals surface area contributed by atoms with E-state index in [1.54, 1.807) is 0 Å². The number of carbonyl (C=O) groups is 1. The van der Waals surface area contributed by atoms with Gasteiger partial charge in [-0.3, -0.25) is 14.1 Å². The highest BCUT2D eigenvalue weighted by Crippen LogP contribution is 2.28. The molecule has 140 valence electrons. The third-order valence-electron chi connectivity index (χ3n) is 5.56. The van der Waals surface area contributed by atoms with Gasteiger partial charge in [-0.15, -0.1) is 10.2 Å². The van der Waals surface area contributed by atoms with E-state index in [0.29, 0.717) is 5.92 Å². The SMILES string of the molecule is Cc1ccccc1NC(=O)C(C)N1CCC(c2nnc3ccccn23)CC1. The minimum atomic E-state index is -0.152. The van der Waals surface area contributed by atoms with Crippen molar-refractivity contribution >= 4 is 17.2 Å². The summed E-state index contributed by atoms with van der Waals surface area (Å²) in [6, 6.07) is 13.7. The zero-order valence-electron chi connectivity index (χ0n) is 15.8. The van der Waals surface area contributed by atoms with Crippen molar-refractivity contribution in [3.8, 4) is 0 Å². The van der Waals surface area contributed by atoms with E-state index in [1.807, 2.05) is 62.5 Å². The normalized spacial score (nSPS) is 17.1. The van der Waals surface area contributed by atoms with Crippen LogP contribution in [0.15, 0.2) is 48.7 Å². The quantitative estimate of drug-likeness (QED) is 0.773. The maximum Gasteiger partial charge on any atom is 0.241 e. The van der Waals surface area contributed by atoms with E-state index in [2.05, 4.69) is 24.8 Å². The molecule has 27 heavy (non-hydrogen) atoms. The van der Waals surface area contributed by atoms with Crippen LogP contribution in [0.3, 0.4) is 0 Å². The average molecular weight is 363 g/mol. The van der Waals surface area contributed by atoms with Gasteiger partial charge in [0.25, 0.3) is 0 Å². The summed E-state index contributed by atoms with van der Waals surface area (Å²) < 4.78 is 2.08. The van der Waals surface area contributed by atoms with Crippen molar-refractivity contribution in [3.63, 3.8) is 0 Å². The Morgan fingerprint density at radius 2 is 1.85 bits per heavy atom. The van der Waals surface area contributed by atoms with Crippen LogP contribution < -0.4 is 5.32 Å². The Kier molecular flexibility index (Phi) is 4.90. The van der Waals surface area contributed by atoms with Crippen LogP contribution in [0.4, 0.5) is 5.69 Å². The first-order valence-corrected chi connectivity index (χ1v) is 9.53. The molecule has 6 nitrogen and oxygen atoms in total. The molecule has 1 fully saturated rings. The van der Waals surface area contributed by atoms with E-state index < -0.39 is 0 Å². The lowest BCUT2D eigenvalue weighted by atomic mass is 9.95. The van der Waals surface area contributed by atoms with Gasteiger partial charge in [0.2, 0.25) is 5.91 Å². The van der Waals surface area contributed by atoms with Crippen LogP contribution in [0.2, 0.25) is 0 Å². The number of aromatic nitrogens is 3. The minimum absolute atomic E-state index is 0.0516. The molecule has 1 aliphatic heterocycles. The van der Waals surface area contributed by atoms with Gasteiger partial charge < -0.3 is 5.32 Å². The lowest BCUT2D eigenvalue weighted by Crippen LogP contribution is -2.46. The maximum absolute atomic E-state index is 12.7. The summed E-state index contributed by atoms with van der Waals surface area (Å²) in [6.07, 6.45) is 3.99. The number of rotatable bonds is 4. The Morgan fingerprint density at radius 3 is 2.63 bits per heavy atom. The number of para-hydroxylation sites is 1. The van der Waals surface area contributed by atoms with Crippen LogP contribution in [0.25, 0.3) is 5.65 Å². The number of benzene rings is 1. The van der Waals surface area contributed by atoms with Crippen LogP contribution in [-0.2, 0) is 4.79 Å². The fourth-order valence-corrected chi connectivity index (χ4v) is 3.80. The largest absolute Gasteiger partial charge is 0.324 e. The topological polar surface area (TPSA) is 62.5 Å². The second-order valence-corrected chi connectivity index (χ2v) is 7.28. The van der Waals surface area contributed by atoms with E-state index in [1.165, 1.54) is 0 Å². The number of likely N-dealkylation sites (tertiary alicyclic amines) is 1. The molecule has 6 heteroatoms. The minimum Gasteiger partial charge on any atom is -0.324 e. The number of piperidine rings is 1. The molecule has 0 radical (unpaired) electrons. The fourth-order valence-electron chi connectivity index (χ4n) is 3.80. The molecule has 3 aromatic rings. The van der Waals surface area contributed by atoms with Gasteiger partial charge in [-0.25, -0.2) is 0 Å². The Hall–Kier alpha value is -2.73. The molecule has 3 heterocycles. The van der Waals surface area contributed by atoms with Gasteiger partial charge >= 0.3 is 0 Å². The maximum atomic E-state index is 12.7. The van der Waals surface area contributed by atoms with Crippen LogP contribution in [0.1, 0.15) is 37.1 Å². The molecule has 1 aliphatic rings. The first-order valence-electron chi connectivity index (χ1n) is 9.53. The van der Waals surface area contributed by atoms with Gasteiger partial charge in [0.15, 0.2) is 5.65 Å². The molecule has 4 rings (SSSR count). The van der Waals surface area contributed by atoms with Crippen molar-refractivity contribution in [1.82, 2.24) is 19.5 Å². The summed E-state index contributed by atoms with van der Waals surface area (Å²) in [5, 5.41) is 11.7. The van der Waals surface area contributed by atoms with E-state index >= 15 is 0 Å². The second kappa shape index (κ2) is 7.48. The van der Waals surface area contributed by atoms with E-state index in [4.69, 9.17) is 0 Å². The van der Waals surface area contributed by atoms with Crippen molar-refractivity contribution in [2.45, 2.75) is 38.6 Å². The summed E-state index contributed by atoms with van der Waals surface area (Å²) in [5.74, 6) is 1.46. The van der Waals surface area contributed by atoms with Crippen molar-refractivity contribution in [2.75, 3.05) is 18.4 Å². The lowest BCUT2D eigenvalue weighted by Gasteiger charge is -2.34. The molecule has 1 atom stereocenters. The van der Waals surface area contributed by atoms with Crippen LogP contribution in [0, 0.1) is 6.92 Å². The Morgan fingerprint density at radius 1 is 1.11 bits per heavy atom. The molecule has 0 saturated carbocycles. The second-order valence-electron chi connectivity index (χ2n) is 7.28. The van der Waals surface area contributed by atoms with Crippen molar-refractivity contribution in [1.29, 1.82) is 0 Å². The van der Waals surface area contributed by atoms with Crippen molar-refractivity contribution < 1.29 is 4.79 Å². The molecular weight excluding hydrogens is 338 g/mol. The zero-order chi connectivity index (χ0) is 18.8. The van der Waals surface area contributed by atoms with Crippen molar-refractivity contribution in [2.24, 2.45) is 0 Å². The summed E-state index contributed by atoms with van der Waals surface area (Å²) in [6.45, 7) is 5.76. The predicted molar refractivity (Wildman–Crippen MR) is 106 cm³/mol. The third-order valence-corrected chi connectivity index (χ3v) is 5.56. The molecule has 0 aliphatic carbocycles. The number of fused-ring (bicyclic) bond motifs is 1. The van der Waals surface area contributed by atoms with E-state index in [0.717, 1.165) is 48.7 Å². The smallest absolute Gasteiger partial charge is 0.241 e. The first kappa shape index (κ1) is 17.7. The molecule has 1 aromatic carbocycles. The number of carbonyl (C=O) groups excluding carboxylic acids is 1. The van der Waals surface area contributed by atoms with E-state index in [9.17, 15) is 4.79 Å². The van der Waals surface area contributed by atoms with Gasteiger partial charge in [-0.1, -0.05) is 24.3 Å². The monoisotopic (exact) mass is 363 g/mol. The van der Waals surface area contributed by atoms with Gasteiger partial charge in [0.1, 0.15) is 5.82 Å².